The van der Waals surface area contributed by atoms with Gasteiger partial charge in [0.05, 0.1) is 12.6 Å². The van der Waals surface area contributed by atoms with Crippen molar-refractivity contribution < 1.29 is 34.5 Å². The number of carboxylic acid groups (broad SMARTS) is 1. The average molecular weight is 439 g/mol. The number of hydrogen-bond donors (Lipinski definition) is 3. The van der Waals surface area contributed by atoms with E-state index < -0.39 is 35.2 Å². The van der Waals surface area contributed by atoms with Gasteiger partial charge in [0.2, 0.25) is 5.91 Å². The molecule has 0 bridgehead atoms. The predicted molar refractivity (Wildman–Crippen MR) is 109 cm³/mol. The normalized spacial score (nSPS) is 17.1. The van der Waals surface area contributed by atoms with Crippen LogP contribution in [0.5, 0.6) is 0 Å². The van der Waals surface area contributed by atoms with Crippen molar-refractivity contribution in [2.45, 2.75) is 57.7 Å². The largest absolute Gasteiger partial charge is 0.480 e. The highest BCUT2D eigenvalue weighted by Crippen LogP contribution is 2.19. The first-order chi connectivity index (χ1) is 14.7. The number of ether oxygens (including phenoxy) is 1. The van der Waals surface area contributed by atoms with Crippen LogP contribution in [-0.2, 0) is 25.5 Å². The van der Waals surface area contributed by atoms with Crippen LogP contribution < -0.4 is 5.32 Å². The predicted octanol–water partition coefficient (Wildman–Crippen LogP) is 1.26. The van der Waals surface area contributed by atoms with E-state index in [1.807, 2.05) is 30.3 Å². The van der Waals surface area contributed by atoms with Gasteiger partial charge in [0.15, 0.2) is 0 Å². The van der Waals surface area contributed by atoms with Crippen LogP contribution in [0, 0.1) is 10.1 Å². The number of aryl methyl sites for hydroxylation is 1. The molecule has 2 rings (SSSR count). The number of nitrogens with zero attached hydrogens (tertiary/aromatic N) is 2. The van der Waals surface area contributed by atoms with E-state index in [9.17, 15) is 19.5 Å². The minimum atomic E-state index is -1.50. The summed E-state index contributed by atoms with van der Waals surface area (Å²) >= 11 is 0. The quantitative estimate of drug-likeness (QED) is 0.292. The van der Waals surface area contributed by atoms with Crippen molar-refractivity contribution in [3.63, 3.8) is 0 Å². The molecule has 11 nitrogen and oxygen atoms in total. The lowest BCUT2D eigenvalue weighted by Crippen LogP contribution is -2.53. The molecule has 172 valence electrons. The number of rotatable bonds is 9. The maximum atomic E-state index is 12.7. The summed E-state index contributed by atoms with van der Waals surface area (Å²) in [5.74, 6) is -1.68. The Balaban J connectivity index is 0.00000110. The smallest absolute Gasteiger partial charge is 0.326 e. The van der Waals surface area contributed by atoms with Gasteiger partial charge < -0.3 is 20.0 Å². The van der Waals surface area contributed by atoms with Crippen molar-refractivity contribution in [1.29, 1.82) is 0 Å². The maximum Gasteiger partial charge on any atom is 0.326 e. The first kappa shape index (κ1) is 25.8. The maximum absolute atomic E-state index is 12.7. The summed E-state index contributed by atoms with van der Waals surface area (Å²) in [5.41, 5.74) is 1.10. The highest BCUT2D eigenvalue weighted by Gasteiger charge is 2.36. The van der Waals surface area contributed by atoms with Crippen LogP contribution in [0.1, 0.15) is 38.7 Å². The van der Waals surface area contributed by atoms with E-state index in [1.165, 1.54) is 4.90 Å². The fraction of sp³-hybridized carbons (Fsp3) is 0.550. The molecular weight excluding hydrogens is 410 g/mol. The Labute approximate surface area is 180 Å². The van der Waals surface area contributed by atoms with Gasteiger partial charge in [-0.1, -0.05) is 30.3 Å². The minimum Gasteiger partial charge on any atom is -0.480 e. The van der Waals surface area contributed by atoms with Crippen LogP contribution in [0.3, 0.4) is 0 Å². The number of carboxylic acids is 1. The third-order valence-corrected chi connectivity index (χ3v) is 4.78. The van der Waals surface area contributed by atoms with Crippen molar-refractivity contribution in [1.82, 2.24) is 10.2 Å². The molecule has 1 fully saturated rings. The summed E-state index contributed by atoms with van der Waals surface area (Å²) in [6, 6.07) is 7.69. The van der Waals surface area contributed by atoms with E-state index in [1.54, 1.807) is 13.8 Å². The number of benzene rings is 1. The second kappa shape index (κ2) is 13.2. The molecular formula is C20H29N3O8. The molecule has 1 aliphatic heterocycles. The van der Waals surface area contributed by atoms with E-state index in [0.717, 1.165) is 5.56 Å². The van der Waals surface area contributed by atoms with Crippen LogP contribution in [0.15, 0.2) is 30.3 Å². The molecule has 1 heterocycles. The lowest BCUT2D eigenvalue weighted by molar-refractivity contribution is -0.742. The lowest BCUT2D eigenvalue weighted by atomic mass is 10.0. The summed E-state index contributed by atoms with van der Waals surface area (Å²) in [6.07, 6.45) is 2.29. The highest BCUT2D eigenvalue weighted by atomic mass is 16.9. The molecule has 1 aromatic carbocycles. The molecule has 0 aromatic heterocycles. The van der Waals surface area contributed by atoms with E-state index in [-0.39, 0.29) is 12.5 Å². The number of likely N-dealkylation sites (tertiary alicyclic amines) is 1. The lowest BCUT2D eigenvalue weighted by Gasteiger charge is -2.27. The van der Waals surface area contributed by atoms with E-state index in [4.69, 9.17) is 20.1 Å². The minimum absolute atomic E-state index is 0.262. The second-order valence-corrected chi connectivity index (χ2v) is 6.98. The SMILES string of the molecule is CCOC(=O)[C@H](CCc1ccccc1)N[C@@H](C)C(=O)N1CCC[C@H]1C(=O)O.O=[N+]([O-])O. The first-order valence-corrected chi connectivity index (χ1v) is 10.0. The van der Waals surface area contributed by atoms with Crippen molar-refractivity contribution in [3.05, 3.63) is 46.0 Å². The first-order valence-electron chi connectivity index (χ1n) is 10.0. The summed E-state index contributed by atoms with van der Waals surface area (Å²) in [7, 11) is 0. The number of hydrogen-bond acceptors (Lipinski definition) is 7. The van der Waals surface area contributed by atoms with Crippen molar-refractivity contribution in [2.24, 2.45) is 0 Å². The Morgan fingerprint density at radius 2 is 1.94 bits per heavy atom. The third-order valence-electron chi connectivity index (χ3n) is 4.78. The topological polar surface area (TPSA) is 159 Å². The Bertz CT molecular complexity index is 739. The van der Waals surface area contributed by atoms with Crippen molar-refractivity contribution in [3.8, 4) is 0 Å². The number of aliphatic carboxylic acids is 1. The summed E-state index contributed by atoms with van der Waals surface area (Å²) in [5, 5.41) is 26.0. The molecule has 3 atom stereocenters. The number of esters is 1. The van der Waals surface area contributed by atoms with Gasteiger partial charge in [0.25, 0.3) is 5.09 Å². The fourth-order valence-corrected chi connectivity index (χ4v) is 3.38. The molecule has 0 aliphatic carbocycles. The zero-order valence-electron chi connectivity index (χ0n) is 17.6. The fourth-order valence-electron chi connectivity index (χ4n) is 3.38. The van der Waals surface area contributed by atoms with Gasteiger partial charge in [0, 0.05) is 6.54 Å². The van der Waals surface area contributed by atoms with Crippen molar-refractivity contribution >= 4 is 17.8 Å². The molecule has 0 radical (unpaired) electrons. The third kappa shape index (κ3) is 8.99. The van der Waals surface area contributed by atoms with Gasteiger partial charge in [-0.15, -0.1) is 10.1 Å². The Kier molecular flexibility index (Phi) is 11.0. The van der Waals surface area contributed by atoms with Gasteiger partial charge in [-0.25, -0.2) is 4.79 Å². The van der Waals surface area contributed by atoms with Gasteiger partial charge >= 0.3 is 11.9 Å². The summed E-state index contributed by atoms with van der Waals surface area (Å²) < 4.78 is 5.14. The number of amides is 1. The molecule has 0 spiro atoms. The summed E-state index contributed by atoms with van der Waals surface area (Å²) in [6.45, 7) is 4.09. The van der Waals surface area contributed by atoms with E-state index in [0.29, 0.717) is 32.2 Å². The summed E-state index contributed by atoms with van der Waals surface area (Å²) in [4.78, 5) is 46.1. The van der Waals surface area contributed by atoms with Crippen molar-refractivity contribution in [2.75, 3.05) is 13.2 Å². The number of carbonyl (C=O) groups excluding carboxylic acids is 2. The van der Waals surface area contributed by atoms with Crippen LogP contribution in [-0.4, -0.2) is 69.4 Å². The van der Waals surface area contributed by atoms with Gasteiger partial charge in [-0.2, -0.15) is 0 Å². The molecule has 0 unspecified atom stereocenters. The van der Waals surface area contributed by atoms with Gasteiger partial charge in [-0.3, -0.25) is 14.9 Å². The molecule has 1 saturated heterocycles. The number of nitrogens with one attached hydrogen (secondary N) is 1. The zero-order chi connectivity index (χ0) is 23.4. The molecule has 1 amide bonds. The van der Waals surface area contributed by atoms with Gasteiger partial charge in [-0.05, 0) is 45.1 Å². The molecule has 3 N–H and O–H groups in total. The monoisotopic (exact) mass is 439 g/mol. The molecule has 1 aromatic rings. The van der Waals surface area contributed by atoms with E-state index >= 15 is 0 Å². The molecule has 1 aliphatic rings. The zero-order valence-corrected chi connectivity index (χ0v) is 17.6. The molecule has 31 heavy (non-hydrogen) atoms. The Morgan fingerprint density at radius 3 is 2.48 bits per heavy atom. The van der Waals surface area contributed by atoms with Crippen LogP contribution >= 0.6 is 0 Å². The number of carbonyl (C=O) groups is 3. The van der Waals surface area contributed by atoms with Gasteiger partial charge in [0.1, 0.15) is 12.1 Å². The highest BCUT2D eigenvalue weighted by molar-refractivity contribution is 5.88. The molecule has 11 heteroatoms. The molecule has 0 saturated carbocycles. The van der Waals surface area contributed by atoms with Crippen LogP contribution in [0.25, 0.3) is 0 Å². The standard InChI is InChI=1S/C20H28N2O5.HNO3/c1-3-27-20(26)16(12-11-15-8-5-4-6-9-15)21-14(2)18(23)22-13-7-10-17(22)19(24)25;2-1(3)4/h4-6,8-9,14,16-17,21H,3,7,10-13H2,1-2H3,(H,24,25);(H,2,3,4)/t14-,16-,17-;/m0./s1. The van der Waals surface area contributed by atoms with E-state index in [2.05, 4.69) is 5.32 Å². The van der Waals surface area contributed by atoms with Crippen LogP contribution in [0.2, 0.25) is 0 Å². The second-order valence-electron chi connectivity index (χ2n) is 6.98. The Hall–Kier alpha value is -3.21. The van der Waals surface area contributed by atoms with Crippen LogP contribution in [0.4, 0.5) is 0 Å². The average Bonchev–Trinajstić information content (AvgIpc) is 3.21. The Morgan fingerprint density at radius 1 is 1.32 bits per heavy atom.